The maximum atomic E-state index is 14.2. The lowest BCUT2D eigenvalue weighted by Gasteiger charge is -2.34. The molecule has 0 aliphatic rings. The number of hydrogen-bond donors (Lipinski definition) is 7. The molecule has 0 spiro atoms. The summed E-state index contributed by atoms with van der Waals surface area (Å²) in [7, 11) is 1.58. The molecule has 12 heteroatoms. The Balaban J connectivity index is 1.58. The number of nitrogens with one attached hydrogen (secondary N) is 5. The molecule has 0 aliphatic carbocycles. The van der Waals surface area contributed by atoms with E-state index in [2.05, 4.69) is 31.2 Å². The van der Waals surface area contributed by atoms with Gasteiger partial charge in [-0.15, -0.1) is 0 Å². The van der Waals surface area contributed by atoms with Crippen molar-refractivity contribution < 1.29 is 24.2 Å². The molecule has 4 aromatic rings. The summed E-state index contributed by atoms with van der Waals surface area (Å²) in [6.45, 7) is 9.57. The topological polar surface area (TPSA) is 183 Å². The summed E-state index contributed by atoms with van der Waals surface area (Å²) >= 11 is 0. The summed E-state index contributed by atoms with van der Waals surface area (Å²) in [5.41, 5.74) is 9.07. The number of nitrogens with zero attached hydrogens (tertiary/aromatic N) is 1. The minimum atomic E-state index is -1.42. The van der Waals surface area contributed by atoms with Crippen molar-refractivity contribution in [3.8, 4) is 5.75 Å². The molecule has 12 nitrogen and oxygen atoms in total. The fraction of sp³-hybridized carbons (Fsp3) is 0.421. The first kappa shape index (κ1) is 38.0. The van der Waals surface area contributed by atoms with E-state index in [1.807, 2.05) is 101 Å². The van der Waals surface area contributed by atoms with Crippen LogP contribution in [0.25, 0.3) is 11.0 Å². The molecular weight excluding hydrogens is 634 g/mol. The Morgan fingerprint density at radius 1 is 0.840 bits per heavy atom. The fourth-order valence-corrected chi connectivity index (χ4v) is 5.51. The first-order chi connectivity index (χ1) is 23.8. The quantitative estimate of drug-likeness (QED) is 0.0939. The predicted molar refractivity (Wildman–Crippen MR) is 194 cm³/mol. The highest BCUT2D eigenvalue weighted by Crippen LogP contribution is 2.19. The predicted octanol–water partition coefficient (Wildman–Crippen LogP) is 2.95. The number of amides is 3. The molecule has 0 saturated heterocycles. The van der Waals surface area contributed by atoms with Gasteiger partial charge in [-0.25, -0.2) is 4.98 Å². The minimum Gasteiger partial charge on any atom is -0.497 e. The molecule has 0 unspecified atom stereocenters. The molecule has 3 amide bonds. The first-order valence-corrected chi connectivity index (χ1v) is 16.9. The van der Waals surface area contributed by atoms with Crippen LogP contribution in [0, 0.1) is 11.3 Å². The molecule has 1 aromatic heterocycles. The van der Waals surface area contributed by atoms with Gasteiger partial charge in [-0.05, 0) is 53.1 Å². The number of aromatic nitrogens is 2. The Hall–Kier alpha value is -4.78. The molecule has 5 atom stereocenters. The highest BCUT2D eigenvalue weighted by Gasteiger charge is 2.38. The first-order valence-electron chi connectivity index (χ1n) is 16.9. The summed E-state index contributed by atoms with van der Waals surface area (Å²) in [4.78, 5) is 48.8. The van der Waals surface area contributed by atoms with Crippen molar-refractivity contribution in [1.82, 2.24) is 31.2 Å². The Kier molecular flexibility index (Phi) is 13.1. The van der Waals surface area contributed by atoms with Gasteiger partial charge in [0.05, 0.1) is 42.9 Å². The van der Waals surface area contributed by atoms with Gasteiger partial charge in [-0.2, -0.15) is 0 Å². The number of aliphatic hydroxyl groups excluding tert-OH is 1. The van der Waals surface area contributed by atoms with Crippen LogP contribution in [0.3, 0.4) is 0 Å². The van der Waals surface area contributed by atoms with Crippen LogP contribution in [-0.2, 0) is 33.9 Å². The van der Waals surface area contributed by atoms with Crippen LogP contribution in [0.5, 0.6) is 5.75 Å². The van der Waals surface area contributed by atoms with Crippen molar-refractivity contribution in [1.29, 1.82) is 0 Å². The second-order valence-electron chi connectivity index (χ2n) is 14.0. The summed E-state index contributed by atoms with van der Waals surface area (Å²) < 4.78 is 5.27. The van der Waals surface area contributed by atoms with E-state index in [0.29, 0.717) is 11.6 Å². The summed E-state index contributed by atoms with van der Waals surface area (Å²) in [5, 5.41) is 23.9. The van der Waals surface area contributed by atoms with E-state index in [-0.39, 0.29) is 25.4 Å². The van der Waals surface area contributed by atoms with Gasteiger partial charge in [0.25, 0.3) is 0 Å². The molecule has 4 rings (SSSR count). The van der Waals surface area contributed by atoms with Crippen LogP contribution in [0.4, 0.5) is 0 Å². The minimum absolute atomic E-state index is 0.133. The number of para-hydroxylation sites is 2. The number of H-pyrrole nitrogens is 1. The van der Waals surface area contributed by atoms with Crippen molar-refractivity contribution in [3.05, 3.63) is 95.8 Å². The molecule has 0 radical (unpaired) electrons. The number of hydrogen-bond acceptors (Lipinski definition) is 8. The number of aromatic amines is 1. The molecule has 3 aromatic carbocycles. The molecule has 0 aliphatic heterocycles. The largest absolute Gasteiger partial charge is 0.497 e. The molecule has 0 saturated carbocycles. The van der Waals surface area contributed by atoms with E-state index in [9.17, 15) is 19.5 Å². The lowest BCUT2D eigenvalue weighted by molar-refractivity contribution is -0.134. The fourth-order valence-electron chi connectivity index (χ4n) is 5.51. The highest BCUT2D eigenvalue weighted by atomic mass is 16.5. The number of aliphatic hydroxyl groups is 1. The molecule has 0 fully saturated rings. The Labute approximate surface area is 294 Å². The maximum absolute atomic E-state index is 14.2. The Morgan fingerprint density at radius 2 is 1.50 bits per heavy atom. The van der Waals surface area contributed by atoms with Crippen molar-refractivity contribution in [2.75, 3.05) is 7.11 Å². The Bertz CT molecular complexity index is 1670. The number of ether oxygens (including phenoxy) is 1. The smallest absolute Gasteiger partial charge is 0.243 e. The lowest BCUT2D eigenvalue weighted by atomic mass is 9.86. The van der Waals surface area contributed by atoms with Crippen molar-refractivity contribution >= 4 is 28.8 Å². The van der Waals surface area contributed by atoms with E-state index < -0.39 is 53.4 Å². The number of benzene rings is 3. The summed E-state index contributed by atoms with van der Waals surface area (Å²) in [6.07, 6.45) is -1.19. The summed E-state index contributed by atoms with van der Waals surface area (Å²) in [6, 6.07) is 20.3. The maximum Gasteiger partial charge on any atom is 0.243 e. The van der Waals surface area contributed by atoms with E-state index in [0.717, 1.165) is 22.2 Å². The molecule has 0 bridgehead atoms. The van der Waals surface area contributed by atoms with Crippen LogP contribution >= 0.6 is 0 Å². The summed E-state index contributed by atoms with van der Waals surface area (Å²) in [5.74, 6) is -0.484. The zero-order valence-electron chi connectivity index (χ0n) is 29.7. The van der Waals surface area contributed by atoms with Crippen LogP contribution < -0.4 is 31.7 Å². The van der Waals surface area contributed by atoms with Crippen LogP contribution in [0.2, 0.25) is 0 Å². The monoisotopic (exact) mass is 685 g/mol. The average Bonchev–Trinajstić information content (AvgIpc) is 3.52. The highest BCUT2D eigenvalue weighted by molar-refractivity contribution is 5.90. The number of carbonyl (C=O) groups is 3. The lowest BCUT2D eigenvalue weighted by Crippen LogP contribution is -2.63. The third-order valence-electron chi connectivity index (χ3n) is 8.68. The normalized spacial score (nSPS) is 14.7. The van der Waals surface area contributed by atoms with Gasteiger partial charge in [-0.3, -0.25) is 19.7 Å². The van der Waals surface area contributed by atoms with Gasteiger partial charge >= 0.3 is 0 Å². The molecule has 50 heavy (non-hydrogen) atoms. The zero-order valence-corrected chi connectivity index (χ0v) is 29.7. The van der Waals surface area contributed by atoms with Gasteiger partial charge in [0.2, 0.25) is 17.7 Å². The van der Waals surface area contributed by atoms with E-state index in [1.165, 1.54) is 0 Å². The van der Waals surface area contributed by atoms with Crippen molar-refractivity contribution in [2.24, 2.45) is 17.1 Å². The number of nitrogens with two attached hydrogens (primary N) is 1. The average molecular weight is 686 g/mol. The molecular formula is C38H51N7O5. The van der Waals surface area contributed by atoms with Crippen LogP contribution in [0.1, 0.15) is 51.6 Å². The SMILES string of the molecule is COc1ccc(CN[C@@H](C(=O)N[C@H](C(=O)NCc2nc3ccccc3[nH]2)C(C)C)[C@H](O)[C@H](Cc2ccccc2)NC(=O)[C@@H](N)C(C)(C)C)cc1. The zero-order chi connectivity index (χ0) is 36.4. The number of imidazole rings is 1. The molecule has 268 valence electrons. The van der Waals surface area contributed by atoms with Gasteiger partial charge < -0.3 is 36.5 Å². The second kappa shape index (κ2) is 17.2. The van der Waals surface area contributed by atoms with Gasteiger partial charge in [0, 0.05) is 6.54 Å². The third kappa shape index (κ3) is 10.4. The molecule has 8 N–H and O–H groups in total. The number of rotatable bonds is 16. The number of methoxy groups -OCH3 is 1. The van der Waals surface area contributed by atoms with Crippen molar-refractivity contribution in [2.45, 2.75) is 84.4 Å². The number of carbonyl (C=O) groups excluding carboxylic acids is 3. The Morgan fingerprint density at radius 3 is 2.12 bits per heavy atom. The van der Waals surface area contributed by atoms with Crippen LogP contribution in [0.15, 0.2) is 78.9 Å². The van der Waals surface area contributed by atoms with E-state index >= 15 is 0 Å². The third-order valence-corrected chi connectivity index (χ3v) is 8.68. The number of fused-ring (bicyclic) bond motifs is 1. The van der Waals surface area contributed by atoms with E-state index in [4.69, 9.17) is 10.5 Å². The molecule has 1 heterocycles. The standard InChI is InChI=1S/C38H51N7O5/c1-23(2)31(35(47)41-22-30-42-27-14-10-11-15-28(27)43-30)45-36(48)32(40-21-25-16-18-26(50-6)19-17-25)33(46)29(20-24-12-8-7-9-13-24)44-37(49)34(39)38(3,4)5/h7-19,23,29,31-34,40,46H,20-22,39H2,1-6H3,(H,41,47)(H,42,43)(H,44,49)(H,45,48)/t29-,31-,32+,33+,34+/m0/s1. The van der Waals surface area contributed by atoms with Gasteiger partial charge in [0.15, 0.2) is 0 Å². The van der Waals surface area contributed by atoms with E-state index in [1.54, 1.807) is 19.2 Å². The van der Waals surface area contributed by atoms with Crippen molar-refractivity contribution in [3.63, 3.8) is 0 Å². The van der Waals surface area contributed by atoms with Crippen LogP contribution in [-0.4, -0.2) is 70.2 Å². The van der Waals surface area contributed by atoms with Gasteiger partial charge in [0.1, 0.15) is 23.7 Å². The second-order valence-corrected chi connectivity index (χ2v) is 14.0. The van der Waals surface area contributed by atoms with Gasteiger partial charge in [-0.1, -0.05) is 89.2 Å².